The maximum atomic E-state index is 12.5. The highest BCUT2D eigenvalue weighted by molar-refractivity contribution is 5.95. The molecule has 5 nitrogen and oxygen atoms in total. The molecular weight excluding hydrogens is 366 g/mol. The summed E-state index contributed by atoms with van der Waals surface area (Å²) in [5.74, 6) is -1.52. The van der Waals surface area contributed by atoms with E-state index in [-0.39, 0.29) is 5.91 Å². The molecule has 0 unspecified atom stereocenters. The van der Waals surface area contributed by atoms with Crippen LogP contribution in [0.5, 0.6) is 11.5 Å². The van der Waals surface area contributed by atoms with Crippen molar-refractivity contribution in [3.8, 4) is 11.5 Å². The smallest absolute Gasteiger partial charge is 0.228 e. The number of anilines is 1. The molecule has 0 saturated carbocycles. The van der Waals surface area contributed by atoms with E-state index >= 15 is 0 Å². The van der Waals surface area contributed by atoms with Crippen LogP contribution in [-0.4, -0.2) is 11.9 Å². The lowest BCUT2D eigenvalue weighted by Crippen LogP contribution is -2.41. The standard InChI is InChI=1S/C24H21NO4/c26-23(20-9-3-4-10-21(20)24(27)28)25-17-12-14-18(15-13-17)29-22-11-5-7-16-6-1-2-8-19(16)22/h1-8,11-15,20-21H,9-10H2,(H,25,26)(H,27,28)/p-1/t20-,21+/m0/s1. The number of hydrogen-bond acceptors (Lipinski definition) is 4. The minimum atomic E-state index is -1.19. The zero-order valence-electron chi connectivity index (χ0n) is 15.7. The van der Waals surface area contributed by atoms with E-state index in [2.05, 4.69) is 5.32 Å². The number of amides is 1. The van der Waals surface area contributed by atoms with Gasteiger partial charge in [-0.3, -0.25) is 4.79 Å². The second kappa shape index (κ2) is 8.19. The summed E-state index contributed by atoms with van der Waals surface area (Å²) in [5.41, 5.74) is 0.590. The first-order chi connectivity index (χ1) is 14.1. The lowest BCUT2D eigenvalue weighted by Gasteiger charge is -2.28. The van der Waals surface area contributed by atoms with E-state index in [0.717, 1.165) is 16.5 Å². The molecule has 1 N–H and O–H groups in total. The third kappa shape index (κ3) is 4.14. The normalized spacial score (nSPS) is 18.3. The molecule has 1 aliphatic carbocycles. The van der Waals surface area contributed by atoms with E-state index in [4.69, 9.17) is 4.74 Å². The van der Waals surface area contributed by atoms with Gasteiger partial charge in [-0.15, -0.1) is 0 Å². The van der Waals surface area contributed by atoms with Crippen LogP contribution in [-0.2, 0) is 9.59 Å². The Balaban J connectivity index is 1.46. The minimum absolute atomic E-state index is 0.314. The second-order valence-electron chi connectivity index (χ2n) is 7.07. The molecule has 146 valence electrons. The van der Waals surface area contributed by atoms with Crippen LogP contribution in [0.1, 0.15) is 12.8 Å². The summed E-state index contributed by atoms with van der Waals surface area (Å²) in [6.45, 7) is 0. The Hall–Kier alpha value is -3.60. The van der Waals surface area contributed by atoms with Crippen LogP contribution in [0.4, 0.5) is 5.69 Å². The monoisotopic (exact) mass is 386 g/mol. The fourth-order valence-electron chi connectivity index (χ4n) is 3.62. The summed E-state index contributed by atoms with van der Waals surface area (Å²) in [7, 11) is 0. The van der Waals surface area contributed by atoms with Crippen molar-refractivity contribution in [2.45, 2.75) is 12.8 Å². The van der Waals surface area contributed by atoms with Crippen molar-refractivity contribution in [1.29, 1.82) is 0 Å². The lowest BCUT2D eigenvalue weighted by molar-refractivity contribution is -0.313. The van der Waals surface area contributed by atoms with Crippen LogP contribution in [0, 0.1) is 11.8 Å². The first-order valence-corrected chi connectivity index (χ1v) is 9.54. The number of carboxylic acid groups (broad SMARTS) is 1. The molecule has 3 aromatic carbocycles. The summed E-state index contributed by atoms with van der Waals surface area (Å²) in [5, 5.41) is 16.2. The SMILES string of the molecule is O=C(Nc1ccc(Oc2cccc3ccccc23)cc1)[C@H]1CC=CC[C@H]1C(=O)[O-]. The molecule has 3 aromatic rings. The van der Waals surface area contributed by atoms with E-state index in [9.17, 15) is 14.7 Å². The molecule has 29 heavy (non-hydrogen) atoms. The molecule has 0 saturated heterocycles. The Bertz CT molecular complexity index is 1070. The Kier molecular flexibility index (Phi) is 5.29. The molecule has 2 atom stereocenters. The van der Waals surface area contributed by atoms with Gasteiger partial charge in [-0.25, -0.2) is 0 Å². The van der Waals surface area contributed by atoms with Crippen molar-refractivity contribution in [2.24, 2.45) is 11.8 Å². The van der Waals surface area contributed by atoms with Crippen LogP contribution in [0.2, 0.25) is 0 Å². The number of ether oxygens (including phenoxy) is 1. The summed E-state index contributed by atoms with van der Waals surface area (Å²) in [6.07, 6.45) is 4.33. The average Bonchev–Trinajstić information content (AvgIpc) is 2.75. The molecule has 0 aliphatic heterocycles. The number of rotatable bonds is 5. The lowest BCUT2D eigenvalue weighted by atomic mass is 9.82. The highest BCUT2D eigenvalue weighted by Crippen LogP contribution is 2.31. The Labute approximate surface area is 168 Å². The molecule has 0 radical (unpaired) electrons. The van der Waals surface area contributed by atoms with Gasteiger partial charge in [-0.1, -0.05) is 48.6 Å². The Morgan fingerprint density at radius 3 is 2.31 bits per heavy atom. The van der Waals surface area contributed by atoms with E-state index < -0.39 is 17.8 Å². The van der Waals surface area contributed by atoms with Crippen molar-refractivity contribution in [2.75, 3.05) is 5.32 Å². The second-order valence-corrected chi connectivity index (χ2v) is 7.07. The van der Waals surface area contributed by atoms with Gasteiger partial charge in [0.1, 0.15) is 11.5 Å². The molecule has 4 rings (SSSR count). The van der Waals surface area contributed by atoms with Crippen molar-refractivity contribution in [3.63, 3.8) is 0 Å². The van der Waals surface area contributed by atoms with Gasteiger partial charge in [0, 0.05) is 23.0 Å². The number of aliphatic carboxylic acids is 1. The van der Waals surface area contributed by atoms with E-state index in [1.165, 1.54) is 0 Å². The average molecular weight is 386 g/mol. The maximum absolute atomic E-state index is 12.5. The van der Waals surface area contributed by atoms with Crippen molar-refractivity contribution in [3.05, 3.63) is 78.9 Å². The molecule has 0 spiro atoms. The Morgan fingerprint density at radius 1 is 0.862 bits per heavy atom. The van der Waals surface area contributed by atoms with Gasteiger partial charge < -0.3 is 20.0 Å². The highest BCUT2D eigenvalue weighted by Gasteiger charge is 2.29. The van der Waals surface area contributed by atoms with Gasteiger partial charge in [-0.2, -0.15) is 0 Å². The number of fused-ring (bicyclic) bond motifs is 1. The molecular formula is C24H20NO4-. The summed E-state index contributed by atoms with van der Waals surface area (Å²) in [4.78, 5) is 23.8. The van der Waals surface area contributed by atoms with E-state index in [1.807, 2.05) is 48.5 Å². The summed E-state index contributed by atoms with van der Waals surface area (Å²) >= 11 is 0. The number of benzene rings is 3. The molecule has 1 amide bonds. The van der Waals surface area contributed by atoms with Gasteiger partial charge in [0.25, 0.3) is 0 Å². The van der Waals surface area contributed by atoms with Crippen LogP contribution < -0.4 is 15.2 Å². The van der Waals surface area contributed by atoms with Gasteiger partial charge >= 0.3 is 0 Å². The summed E-state index contributed by atoms with van der Waals surface area (Å²) < 4.78 is 6.01. The van der Waals surface area contributed by atoms with Crippen LogP contribution in [0.3, 0.4) is 0 Å². The molecule has 1 aliphatic rings. The predicted molar refractivity (Wildman–Crippen MR) is 109 cm³/mol. The number of nitrogens with one attached hydrogen (secondary N) is 1. The van der Waals surface area contributed by atoms with Crippen LogP contribution in [0.25, 0.3) is 10.8 Å². The zero-order chi connectivity index (χ0) is 20.2. The largest absolute Gasteiger partial charge is 0.550 e. The Morgan fingerprint density at radius 2 is 1.55 bits per heavy atom. The molecule has 5 heteroatoms. The maximum Gasteiger partial charge on any atom is 0.228 e. The quantitative estimate of drug-likeness (QED) is 0.675. The van der Waals surface area contributed by atoms with Crippen molar-refractivity contribution >= 4 is 28.3 Å². The minimum Gasteiger partial charge on any atom is -0.550 e. The molecule has 0 aromatic heterocycles. The number of allylic oxidation sites excluding steroid dienone is 2. The topological polar surface area (TPSA) is 78.5 Å². The number of carbonyl (C=O) groups is 2. The van der Waals surface area contributed by atoms with Crippen molar-refractivity contribution in [1.82, 2.24) is 0 Å². The highest BCUT2D eigenvalue weighted by atomic mass is 16.5. The van der Waals surface area contributed by atoms with Crippen LogP contribution >= 0.6 is 0 Å². The van der Waals surface area contributed by atoms with Crippen LogP contribution in [0.15, 0.2) is 78.9 Å². The number of carboxylic acids is 1. The van der Waals surface area contributed by atoms with Gasteiger partial charge in [-0.05, 0) is 48.6 Å². The van der Waals surface area contributed by atoms with Gasteiger partial charge in [0.05, 0.1) is 5.92 Å². The van der Waals surface area contributed by atoms with Gasteiger partial charge in [0.15, 0.2) is 0 Å². The first kappa shape index (κ1) is 18.7. The summed E-state index contributed by atoms with van der Waals surface area (Å²) in [6, 6.07) is 20.9. The molecule has 0 bridgehead atoms. The van der Waals surface area contributed by atoms with E-state index in [1.54, 1.807) is 30.3 Å². The number of hydrogen-bond donors (Lipinski definition) is 1. The predicted octanol–water partition coefficient (Wildman–Crippen LogP) is 3.90. The third-order valence-corrected chi connectivity index (χ3v) is 5.17. The van der Waals surface area contributed by atoms with E-state index in [0.29, 0.717) is 24.3 Å². The fourth-order valence-corrected chi connectivity index (χ4v) is 3.62. The third-order valence-electron chi connectivity index (χ3n) is 5.17. The van der Waals surface area contributed by atoms with Gasteiger partial charge in [0.2, 0.25) is 5.91 Å². The van der Waals surface area contributed by atoms with Crippen molar-refractivity contribution < 1.29 is 19.4 Å². The number of carbonyl (C=O) groups excluding carboxylic acids is 2. The zero-order valence-corrected chi connectivity index (χ0v) is 15.7. The molecule has 0 fully saturated rings. The molecule has 0 heterocycles. The fraction of sp³-hybridized carbons (Fsp3) is 0.167. The first-order valence-electron chi connectivity index (χ1n) is 9.54.